The van der Waals surface area contributed by atoms with Gasteiger partial charge in [0.2, 0.25) is 0 Å². The number of hydrogen-bond donors (Lipinski definition) is 1. The third-order valence-corrected chi connectivity index (χ3v) is 3.78. The van der Waals surface area contributed by atoms with Crippen LogP contribution in [0.25, 0.3) is 0 Å². The first-order valence-corrected chi connectivity index (χ1v) is 7.07. The van der Waals surface area contributed by atoms with Gasteiger partial charge < -0.3 is 5.73 Å². The summed E-state index contributed by atoms with van der Waals surface area (Å²) in [6.45, 7) is 5.38. The first-order valence-electron chi connectivity index (χ1n) is 6.28. The number of benzene rings is 1. The van der Waals surface area contributed by atoms with Crippen molar-refractivity contribution < 1.29 is 0 Å². The topological polar surface area (TPSA) is 29.3 Å². The van der Waals surface area contributed by atoms with Gasteiger partial charge in [-0.3, -0.25) is 4.90 Å². The molecule has 0 saturated heterocycles. The van der Waals surface area contributed by atoms with Crippen LogP contribution in [0.4, 0.5) is 0 Å². The molecule has 3 heteroatoms. The first kappa shape index (κ1) is 14.7. The molecule has 2 unspecified atom stereocenters. The molecule has 96 valence electrons. The Labute approximate surface area is 113 Å². The zero-order chi connectivity index (χ0) is 12.8. The number of nitrogens with two attached hydrogens (primary N) is 1. The zero-order valence-corrected chi connectivity index (χ0v) is 12.6. The number of rotatable bonds is 6. The molecule has 0 saturated carbocycles. The highest BCUT2D eigenvalue weighted by atomic mass is 79.9. The van der Waals surface area contributed by atoms with E-state index in [0.29, 0.717) is 0 Å². The monoisotopic (exact) mass is 298 g/mol. The highest BCUT2D eigenvalue weighted by molar-refractivity contribution is 9.10. The van der Waals surface area contributed by atoms with Crippen molar-refractivity contribution in [2.45, 2.75) is 38.8 Å². The summed E-state index contributed by atoms with van der Waals surface area (Å²) in [6, 6.07) is 8.74. The van der Waals surface area contributed by atoms with Crippen LogP contribution in [0.1, 0.15) is 38.3 Å². The molecule has 2 atom stereocenters. The molecule has 17 heavy (non-hydrogen) atoms. The molecule has 0 bridgehead atoms. The van der Waals surface area contributed by atoms with Crippen LogP contribution in [0.15, 0.2) is 28.7 Å². The van der Waals surface area contributed by atoms with Gasteiger partial charge in [-0.2, -0.15) is 0 Å². The van der Waals surface area contributed by atoms with Gasteiger partial charge in [0, 0.05) is 10.5 Å². The van der Waals surface area contributed by atoms with Crippen molar-refractivity contribution in [1.82, 2.24) is 4.90 Å². The summed E-state index contributed by atoms with van der Waals surface area (Å²) in [5, 5.41) is 0. The van der Waals surface area contributed by atoms with Gasteiger partial charge in [0.05, 0.1) is 6.04 Å². The van der Waals surface area contributed by atoms with E-state index in [1.807, 2.05) is 6.07 Å². The lowest BCUT2D eigenvalue weighted by atomic mass is 9.99. The number of nitrogens with zero attached hydrogens (tertiary/aromatic N) is 1. The van der Waals surface area contributed by atoms with Crippen LogP contribution < -0.4 is 5.73 Å². The van der Waals surface area contributed by atoms with Crippen LogP contribution in [0, 0.1) is 0 Å². The van der Waals surface area contributed by atoms with Crippen molar-refractivity contribution >= 4 is 15.9 Å². The lowest BCUT2D eigenvalue weighted by Gasteiger charge is -2.32. The maximum atomic E-state index is 6.15. The van der Waals surface area contributed by atoms with Gasteiger partial charge >= 0.3 is 0 Å². The molecule has 1 aromatic rings. The molecule has 1 aromatic carbocycles. The second-order valence-corrected chi connectivity index (χ2v) is 5.51. The summed E-state index contributed by atoms with van der Waals surface area (Å²) in [7, 11) is 2.16. The van der Waals surface area contributed by atoms with Gasteiger partial charge in [-0.1, -0.05) is 47.5 Å². The van der Waals surface area contributed by atoms with Crippen molar-refractivity contribution in [3.8, 4) is 0 Å². The third kappa shape index (κ3) is 4.09. The van der Waals surface area contributed by atoms with Crippen LogP contribution in [0.2, 0.25) is 0 Å². The minimum Gasteiger partial charge on any atom is -0.326 e. The number of likely N-dealkylation sites (N-methyl/N-ethyl adjacent to an activating group) is 1. The second kappa shape index (κ2) is 7.14. The average molecular weight is 299 g/mol. The molecule has 0 aliphatic carbocycles. The van der Waals surface area contributed by atoms with E-state index in [1.165, 1.54) is 18.4 Å². The minimum atomic E-state index is 0.121. The molecule has 0 fully saturated rings. The van der Waals surface area contributed by atoms with Crippen molar-refractivity contribution in [2.75, 3.05) is 13.6 Å². The summed E-state index contributed by atoms with van der Waals surface area (Å²) in [6.07, 6.45) is 2.43. The quantitative estimate of drug-likeness (QED) is 0.870. The van der Waals surface area contributed by atoms with Gasteiger partial charge in [-0.15, -0.1) is 0 Å². The molecule has 0 aliphatic rings. The number of hydrogen-bond acceptors (Lipinski definition) is 2. The molecule has 0 heterocycles. The van der Waals surface area contributed by atoms with E-state index in [2.05, 4.69) is 59.9 Å². The average Bonchev–Trinajstić information content (AvgIpc) is 2.29. The Bertz CT molecular complexity index is 339. The Morgan fingerprint density at radius 1 is 1.35 bits per heavy atom. The lowest BCUT2D eigenvalue weighted by Crippen LogP contribution is -2.38. The molecule has 0 spiro atoms. The van der Waals surface area contributed by atoms with Gasteiger partial charge in [-0.05, 0) is 38.6 Å². The number of unbranched alkanes of at least 4 members (excludes halogenated alkanes) is 1. The molecular weight excluding hydrogens is 276 g/mol. The van der Waals surface area contributed by atoms with Crippen molar-refractivity contribution in [1.29, 1.82) is 0 Å². The van der Waals surface area contributed by atoms with Crippen molar-refractivity contribution in [3.63, 3.8) is 0 Å². The maximum absolute atomic E-state index is 6.15. The smallest absolute Gasteiger partial charge is 0.0504 e. The standard InChI is InChI=1S/C14H23BrN2/c1-4-5-10-17(3)14(11(2)16)12-8-6-7-9-13(12)15/h6-9,11,14H,4-5,10,16H2,1-3H3. The Balaban J connectivity index is 2.89. The van der Waals surface area contributed by atoms with E-state index < -0.39 is 0 Å². The molecule has 2 nitrogen and oxygen atoms in total. The van der Waals surface area contributed by atoms with Crippen LogP contribution in [0.3, 0.4) is 0 Å². The van der Waals surface area contributed by atoms with E-state index in [0.717, 1.165) is 11.0 Å². The predicted molar refractivity (Wildman–Crippen MR) is 78.1 cm³/mol. The Kier molecular flexibility index (Phi) is 6.17. The van der Waals surface area contributed by atoms with E-state index in [4.69, 9.17) is 5.73 Å². The Hall–Kier alpha value is -0.380. The summed E-state index contributed by atoms with van der Waals surface area (Å²) < 4.78 is 1.14. The summed E-state index contributed by atoms with van der Waals surface area (Å²) in [5.41, 5.74) is 7.43. The highest BCUT2D eigenvalue weighted by Gasteiger charge is 2.22. The first-order chi connectivity index (χ1) is 8.07. The fraction of sp³-hybridized carbons (Fsp3) is 0.571. The van der Waals surface area contributed by atoms with Crippen molar-refractivity contribution in [3.05, 3.63) is 34.3 Å². The summed E-state index contributed by atoms with van der Waals surface area (Å²) in [4.78, 5) is 2.36. The molecule has 0 aromatic heterocycles. The number of halogens is 1. The fourth-order valence-corrected chi connectivity index (χ4v) is 2.70. The van der Waals surface area contributed by atoms with E-state index >= 15 is 0 Å². The summed E-state index contributed by atoms with van der Waals surface area (Å²) in [5.74, 6) is 0. The molecule has 0 amide bonds. The van der Waals surface area contributed by atoms with Crippen LogP contribution in [-0.4, -0.2) is 24.5 Å². The van der Waals surface area contributed by atoms with E-state index in [1.54, 1.807) is 0 Å². The van der Waals surface area contributed by atoms with Crippen molar-refractivity contribution in [2.24, 2.45) is 5.73 Å². The lowest BCUT2D eigenvalue weighted by molar-refractivity contribution is 0.215. The molecular formula is C14H23BrN2. The minimum absolute atomic E-state index is 0.121. The molecule has 0 aliphatic heterocycles. The predicted octanol–water partition coefficient (Wildman–Crippen LogP) is 3.57. The zero-order valence-electron chi connectivity index (χ0n) is 11.0. The van der Waals surface area contributed by atoms with Gasteiger partial charge in [0.1, 0.15) is 0 Å². The van der Waals surface area contributed by atoms with E-state index in [-0.39, 0.29) is 12.1 Å². The van der Waals surface area contributed by atoms with Gasteiger partial charge in [-0.25, -0.2) is 0 Å². The van der Waals surface area contributed by atoms with E-state index in [9.17, 15) is 0 Å². The third-order valence-electron chi connectivity index (χ3n) is 3.06. The largest absolute Gasteiger partial charge is 0.326 e. The molecule has 1 rings (SSSR count). The van der Waals surface area contributed by atoms with Gasteiger partial charge in [0.25, 0.3) is 0 Å². The Morgan fingerprint density at radius 3 is 2.53 bits per heavy atom. The van der Waals surface area contributed by atoms with Crippen LogP contribution in [-0.2, 0) is 0 Å². The SMILES string of the molecule is CCCCN(C)C(c1ccccc1Br)C(C)N. The fourth-order valence-electron chi connectivity index (χ4n) is 2.18. The van der Waals surface area contributed by atoms with Gasteiger partial charge in [0.15, 0.2) is 0 Å². The normalized spacial score (nSPS) is 14.9. The Morgan fingerprint density at radius 2 is 2.00 bits per heavy atom. The summed E-state index contributed by atoms with van der Waals surface area (Å²) >= 11 is 3.62. The van der Waals surface area contributed by atoms with Crippen LogP contribution >= 0.6 is 15.9 Å². The molecule has 2 N–H and O–H groups in total. The van der Waals surface area contributed by atoms with Crippen LogP contribution in [0.5, 0.6) is 0 Å². The maximum Gasteiger partial charge on any atom is 0.0504 e. The highest BCUT2D eigenvalue weighted by Crippen LogP contribution is 2.29. The molecule has 0 radical (unpaired) electrons. The second-order valence-electron chi connectivity index (χ2n) is 4.66.